The zero-order valence-electron chi connectivity index (χ0n) is 14.7. The Bertz CT molecular complexity index is 683. The Kier molecular flexibility index (Phi) is 8.85. The van der Waals surface area contributed by atoms with Crippen molar-refractivity contribution in [2.75, 3.05) is 13.1 Å². The molecule has 5 nitrogen and oxygen atoms in total. The fraction of sp³-hybridized carbons (Fsp3) is 0.368. The van der Waals surface area contributed by atoms with Gasteiger partial charge in [0, 0.05) is 31.4 Å². The summed E-state index contributed by atoms with van der Waals surface area (Å²) in [6.07, 6.45) is 3.56. The highest BCUT2D eigenvalue weighted by Gasteiger charge is 2.29. The maximum atomic E-state index is 12.7. The third-order valence-corrected chi connectivity index (χ3v) is 4.46. The Morgan fingerprint density at radius 3 is 2.58 bits per heavy atom. The predicted molar refractivity (Wildman–Crippen MR) is 108 cm³/mol. The summed E-state index contributed by atoms with van der Waals surface area (Å²) in [6.45, 7) is 3.46. The van der Waals surface area contributed by atoms with Crippen LogP contribution in [-0.2, 0) is 0 Å². The van der Waals surface area contributed by atoms with Gasteiger partial charge in [-0.1, -0.05) is 25.1 Å². The maximum Gasteiger partial charge on any atom is 0.255 e. The number of hydrogen-bond acceptors (Lipinski definition) is 4. The second-order valence-corrected chi connectivity index (χ2v) is 6.32. The smallest absolute Gasteiger partial charge is 0.255 e. The number of carbonyl (C=O) groups is 1. The van der Waals surface area contributed by atoms with E-state index in [0.29, 0.717) is 23.9 Å². The largest absolute Gasteiger partial charge is 0.439 e. The van der Waals surface area contributed by atoms with Crippen molar-refractivity contribution in [1.29, 1.82) is 0 Å². The molecular formula is C19H25Cl2N3O2. The van der Waals surface area contributed by atoms with Gasteiger partial charge in [-0.3, -0.25) is 4.79 Å². The maximum absolute atomic E-state index is 12.7. The van der Waals surface area contributed by atoms with Crippen LogP contribution in [0.3, 0.4) is 0 Å². The summed E-state index contributed by atoms with van der Waals surface area (Å²) in [7, 11) is 0. The summed E-state index contributed by atoms with van der Waals surface area (Å²) in [5, 5.41) is 0. The van der Waals surface area contributed by atoms with Gasteiger partial charge in [0.15, 0.2) is 0 Å². The number of piperidine rings is 1. The van der Waals surface area contributed by atoms with Crippen molar-refractivity contribution in [2.24, 2.45) is 11.7 Å². The summed E-state index contributed by atoms with van der Waals surface area (Å²) in [5.41, 5.74) is 6.42. The Morgan fingerprint density at radius 2 is 1.96 bits per heavy atom. The van der Waals surface area contributed by atoms with Crippen LogP contribution >= 0.6 is 24.8 Å². The topological polar surface area (TPSA) is 68.5 Å². The lowest BCUT2D eigenvalue weighted by Gasteiger charge is -2.38. The minimum Gasteiger partial charge on any atom is -0.439 e. The molecule has 7 heteroatoms. The SMILES string of the molecule is CC1CCN(C(=O)c2ccc(Oc3ccccc3)nc2)C(CN)C1.Cl.Cl. The number of likely N-dealkylation sites (tertiary alicyclic amines) is 1. The number of hydrogen-bond donors (Lipinski definition) is 1. The number of nitrogens with zero attached hydrogens (tertiary/aromatic N) is 2. The monoisotopic (exact) mass is 397 g/mol. The molecule has 2 heterocycles. The average molecular weight is 398 g/mol. The lowest BCUT2D eigenvalue weighted by molar-refractivity contribution is 0.0573. The minimum absolute atomic E-state index is 0. The van der Waals surface area contributed by atoms with E-state index in [4.69, 9.17) is 10.5 Å². The van der Waals surface area contributed by atoms with Gasteiger partial charge in [0.25, 0.3) is 5.91 Å². The normalized spacial score (nSPS) is 19.1. The fourth-order valence-corrected chi connectivity index (χ4v) is 3.08. The average Bonchev–Trinajstić information content (AvgIpc) is 2.62. The molecule has 1 aromatic carbocycles. The molecule has 0 radical (unpaired) electrons. The molecule has 0 bridgehead atoms. The van der Waals surface area contributed by atoms with Gasteiger partial charge in [-0.2, -0.15) is 0 Å². The zero-order valence-corrected chi connectivity index (χ0v) is 16.3. The molecule has 26 heavy (non-hydrogen) atoms. The van der Waals surface area contributed by atoms with Crippen molar-refractivity contribution in [3.05, 3.63) is 54.2 Å². The van der Waals surface area contributed by atoms with Crippen LogP contribution in [0.4, 0.5) is 0 Å². The Balaban J connectivity index is 0.00000169. The molecule has 1 aromatic heterocycles. The second-order valence-electron chi connectivity index (χ2n) is 6.32. The van der Waals surface area contributed by atoms with Crippen molar-refractivity contribution in [1.82, 2.24) is 9.88 Å². The highest BCUT2D eigenvalue weighted by atomic mass is 35.5. The Hall–Kier alpha value is -1.82. The highest BCUT2D eigenvalue weighted by Crippen LogP contribution is 2.24. The summed E-state index contributed by atoms with van der Waals surface area (Å²) in [6, 6.07) is 13.1. The lowest BCUT2D eigenvalue weighted by Crippen LogP contribution is -2.49. The van der Waals surface area contributed by atoms with Gasteiger partial charge in [-0.25, -0.2) is 4.98 Å². The first-order chi connectivity index (χ1) is 11.7. The first-order valence-corrected chi connectivity index (χ1v) is 8.37. The first-order valence-electron chi connectivity index (χ1n) is 8.37. The molecule has 1 aliphatic heterocycles. The first kappa shape index (κ1) is 22.2. The summed E-state index contributed by atoms with van der Waals surface area (Å²) >= 11 is 0. The number of halogens is 2. The molecule has 3 rings (SSSR count). The van der Waals surface area contributed by atoms with Crippen LogP contribution in [0.15, 0.2) is 48.7 Å². The van der Waals surface area contributed by atoms with Gasteiger partial charge in [0.05, 0.1) is 5.56 Å². The van der Waals surface area contributed by atoms with Crippen molar-refractivity contribution in [2.45, 2.75) is 25.8 Å². The Morgan fingerprint density at radius 1 is 1.23 bits per heavy atom. The molecule has 1 amide bonds. The molecule has 2 aromatic rings. The molecule has 2 atom stereocenters. The van der Waals surface area contributed by atoms with Gasteiger partial charge in [-0.15, -0.1) is 24.8 Å². The number of pyridine rings is 1. The highest BCUT2D eigenvalue weighted by molar-refractivity contribution is 5.94. The number of carbonyl (C=O) groups excluding carboxylic acids is 1. The van der Waals surface area contributed by atoms with Crippen LogP contribution in [0.5, 0.6) is 11.6 Å². The van der Waals surface area contributed by atoms with E-state index < -0.39 is 0 Å². The van der Waals surface area contributed by atoms with Gasteiger partial charge < -0.3 is 15.4 Å². The van der Waals surface area contributed by atoms with E-state index in [9.17, 15) is 4.79 Å². The molecule has 2 N–H and O–H groups in total. The van der Waals surface area contributed by atoms with Gasteiger partial charge in [-0.05, 0) is 37.0 Å². The van der Waals surface area contributed by atoms with E-state index in [1.54, 1.807) is 18.3 Å². The number of para-hydroxylation sites is 1. The van der Waals surface area contributed by atoms with E-state index in [0.717, 1.165) is 25.1 Å². The predicted octanol–water partition coefficient (Wildman–Crippen LogP) is 3.92. The summed E-state index contributed by atoms with van der Waals surface area (Å²) in [4.78, 5) is 18.9. The van der Waals surface area contributed by atoms with Crippen LogP contribution in [0.2, 0.25) is 0 Å². The number of ether oxygens (including phenoxy) is 1. The van der Waals surface area contributed by atoms with E-state index >= 15 is 0 Å². The van der Waals surface area contributed by atoms with Crippen LogP contribution in [0, 0.1) is 5.92 Å². The van der Waals surface area contributed by atoms with E-state index in [2.05, 4.69) is 11.9 Å². The van der Waals surface area contributed by atoms with Gasteiger partial charge in [0.1, 0.15) is 5.75 Å². The zero-order chi connectivity index (χ0) is 16.9. The number of rotatable bonds is 4. The van der Waals surface area contributed by atoms with Gasteiger partial charge >= 0.3 is 0 Å². The molecule has 1 aliphatic rings. The molecule has 2 unspecified atom stereocenters. The molecule has 0 spiro atoms. The van der Waals surface area contributed by atoms with Crippen molar-refractivity contribution in [3.8, 4) is 11.6 Å². The molecule has 0 saturated carbocycles. The van der Waals surface area contributed by atoms with Crippen molar-refractivity contribution < 1.29 is 9.53 Å². The summed E-state index contributed by atoms with van der Waals surface area (Å²) in [5.74, 6) is 1.80. The van der Waals surface area contributed by atoms with Gasteiger partial charge in [0.2, 0.25) is 5.88 Å². The number of amides is 1. The number of aromatic nitrogens is 1. The quantitative estimate of drug-likeness (QED) is 0.848. The third kappa shape index (κ3) is 5.34. The Labute approximate surface area is 166 Å². The molecular weight excluding hydrogens is 373 g/mol. The minimum atomic E-state index is -0.00360. The van der Waals surface area contributed by atoms with Crippen LogP contribution in [0.25, 0.3) is 0 Å². The third-order valence-electron chi connectivity index (χ3n) is 4.46. The van der Waals surface area contributed by atoms with E-state index in [1.807, 2.05) is 35.2 Å². The summed E-state index contributed by atoms with van der Waals surface area (Å²) < 4.78 is 5.66. The van der Waals surface area contributed by atoms with Crippen molar-refractivity contribution >= 4 is 30.7 Å². The van der Waals surface area contributed by atoms with E-state index in [1.165, 1.54) is 0 Å². The number of nitrogens with two attached hydrogens (primary N) is 1. The number of benzene rings is 1. The van der Waals surface area contributed by atoms with Crippen molar-refractivity contribution in [3.63, 3.8) is 0 Å². The van der Waals surface area contributed by atoms with Crippen LogP contribution in [0.1, 0.15) is 30.1 Å². The molecule has 0 aliphatic carbocycles. The molecule has 1 fully saturated rings. The van der Waals surface area contributed by atoms with E-state index in [-0.39, 0.29) is 36.8 Å². The van der Waals surface area contributed by atoms with Crippen LogP contribution < -0.4 is 10.5 Å². The molecule has 1 saturated heterocycles. The standard InChI is InChI=1S/C19H23N3O2.2ClH/c1-14-9-10-22(16(11-14)12-20)19(23)15-7-8-18(21-13-15)24-17-5-3-2-4-6-17;;/h2-8,13-14,16H,9-12,20H2,1H3;2*1H. The lowest BCUT2D eigenvalue weighted by atomic mass is 9.92. The fourth-order valence-electron chi connectivity index (χ4n) is 3.08. The molecule has 142 valence electrons. The van der Waals surface area contributed by atoms with Crippen LogP contribution in [-0.4, -0.2) is 34.9 Å². The second kappa shape index (κ2) is 10.4.